The number of piperazine rings is 1. The number of aliphatic hydroxyl groups excluding tert-OH is 1. The van der Waals surface area contributed by atoms with Crippen molar-refractivity contribution >= 4 is 17.0 Å². The number of likely N-dealkylation sites (N-methyl/N-ethyl adjacent to an activating group) is 1. The largest absolute Gasteiger partial charge is 0.394 e. The predicted octanol–water partition coefficient (Wildman–Crippen LogP) is 2.60. The van der Waals surface area contributed by atoms with E-state index in [0.717, 1.165) is 62.3 Å². The van der Waals surface area contributed by atoms with Gasteiger partial charge in [0.05, 0.1) is 19.3 Å². The zero-order valence-electron chi connectivity index (χ0n) is 19.6. The zero-order chi connectivity index (χ0) is 22.8. The first-order valence-electron chi connectivity index (χ1n) is 11.9. The number of hydrogen-bond acceptors (Lipinski definition) is 7. The van der Waals surface area contributed by atoms with Crippen LogP contribution < -0.4 is 5.32 Å². The number of aliphatic hydroxyl groups is 1. The van der Waals surface area contributed by atoms with E-state index >= 15 is 0 Å². The molecule has 0 aliphatic carbocycles. The van der Waals surface area contributed by atoms with Crippen LogP contribution in [0.4, 0.5) is 5.95 Å². The molecule has 2 aliphatic heterocycles. The van der Waals surface area contributed by atoms with Gasteiger partial charge in [0, 0.05) is 68.7 Å². The number of nitrogens with zero attached hydrogens (tertiary/aromatic N) is 5. The summed E-state index contributed by atoms with van der Waals surface area (Å²) in [6.07, 6.45) is 5.08. The van der Waals surface area contributed by atoms with E-state index in [0.29, 0.717) is 12.6 Å². The molecule has 2 aliphatic rings. The molecule has 8 heteroatoms. The van der Waals surface area contributed by atoms with E-state index in [9.17, 15) is 5.11 Å². The molecule has 2 saturated heterocycles. The van der Waals surface area contributed by atoms with Gasteiger partial charge in [0.1, 0.15) is 5.65 Å². The lowest BCUT2D eigenvalue weighted by Crippen LogP contribution is -2.43. The number of anilines is 1. The Hall–Kier alpha value is -2.52. The van der Waals surface area contributed by atoms with Gasteiger partial charge in [-0.1, -0.05) is 24.3 Å². The second-order valence-corrected chi connectivity index (χ2v) is 9.40. The van der Waals surface area contributed by atoms with E-state index in [4.69, 9.17) is 9.72 Å². The number of benzene rings is 1. The third kappa shape index (κ3) is 4.89. The lowest BCUT2D eigenvalue weighted by atomic mass is 10.0. The molecule has 2 N–H and O–H groups in total. The average molecular weight is 451 g/mol. The van der Waals surface area contributed by atoms with E-state index in [-0.39, 0.29) is 18.7 Å². The molecule has 0 spiro atoms. The Bertz CT molecular complexity index is 1070. The molecule has 33 heavy (non-hydrogen) atoms. The summed E-state index contributed by atoms with van der Waals surface area (Å²) in [4.78, 5) is 14.3. The van der Waals surface area contributed by atoms with Gasteiger partial charge in [-0.15, -0.1) is 0 Å². The monoisotopic (exact) mass is 450 g/mol. The van der Waals surface area contributed by atoms with Gasteiger partial charge in [-0.2, -0.15) is 4.98 Å². The van der Waals surface area contributed by atoms with Crippen LogP contribution >= 0.6 is 0 Å². The Morgan fingerprint density at radius 2 is 1.97 bits per heavy atom. The number of nitrogens with one attached hydrogen (secondary N) is 1. The van der Waals surface area contributed by atoms with Gasteiger partial charge in [-0.3, -0.25) is 4.90 Å². The Morgan fingerprint density at radius 3 is 2.67 bits per heavy atom. The fourth-order valence-electron chi connectivity index (χ4n) is 4.67. The molecule has 176 valence electrons. The molecular formula is C25H34N6O2. The van der Waals surface area contributed by atoms with Crippen molar-refractivity contribution in [2.75, 3.05) is 58.4 Å². The second kappa shape index (κ2) is 9.77. The average Bonchev–Trinajstić information content (AvgIpc) is 3.49. The molecule has 8 nitrogen and oxygen atoms in total. The van der Waals surface area contributed by atoms with Crippen LogP contribution in [0.3, 0.4) is 0 Å². The van der Waals surface area contributed by atoms with Gasteiger partial charge in [0.2, 0.25) is 5.95 Å². The van der Waals surface area contributed by atoms with Crippen molar-refractivity contribution in [2.24, 2.45) is 0 Å². The van der Waals surface area contributed by atoms with E-state index < -0.39 is 0 Å². The molecule has 2 atom stereocenters. The highest BCUT2D eigenvalue weighted by molar-refractivity contribution is 5.94. The summed E-state index contributed by atoms with van der Waals surface area (Å²) in [5.41, 5.74) is 4.57. The van der Waals surface area contributed by atoms with Crippen molar-refractivity contribution in [2.45, 2.75) is 32.0 Å². The maximum Gasteiger partial charge on any atom is 0.224 e. The van der Waals surface area contributed by atoms with Gasteiger partial charge < -0.3 is 24.6 Å². The maximum absolute atomic E-state index is 9.38. The van der Waals surface area contributed by atoms with Crippen molar-refractivity contribution in [1.82, 2.24) is 24.3 Å². The Balaban J connectivity index is 1.43. The van der Waals surface area contributed by atoms with E-state index in [2.05, 4.69) is 62.2 Å². The quantitative estimate of drug-likeness (QED) is 0.573. The molecule has 2 aromatic heterocycles. The molecule has 0 bridgehead atoms. The summed E-state index contributed by atoms with van der Waals surface area (Å²) in [5.74, 6) is 0.538. The first-order chi connectivity index (χ1) is 16.1. The lowest BCUT2D eigenvalue weighted by Gasteiger charge is -2.32. The highest BCUT2D eigenvalue weighted by atomic mass is 16.5. The molecule has 0 amide bonds. The van der Waals surface area contributed by atoms with Crippen LogP contribution in [-0.2, 0) is 11.3 Å². The van der Waals surface area contributed by atoms with Gasteiger partial charge in [0.25, 0.3) is 0 Å². The molecule has 3 aromatic rings. The molecule has 0 radical (unpaired) electrons. The van der Waals surface area contributed by atoms with Crippen LogP contribution in [0.15, 0.2) is 36.7 Å². The number of hydrogen-bond donors (Lipinski definition) is 2. The third-order valence-corrected chi connectivity index (χ3v) is 6.79. The summed E-state index contributed by atoms with van der Waals surface area (Å²) in [7, 11) is 2.19. The second-order valence-electron chi connectivity index (χ2n) is 9.40. The minimum Gasteiger partial charge on any atom is -0.394 e. The standard InChI is InChI=1S/C25H34N6O2/c1-18(16-32)27-25-26-13-22-23(15-31(24(22)28-25)21-7-12-33-17-21)20-5-3-19(4-6-20)14-30-10-8-29(2)9-11-30/h3-6,13,15,18,21,32H,7-12,14,16-17H2,1-2H3,(H,26,27,28)/t18-,21+/m0/s1. The number of rotatable bonds is 7. The van der Waals surface area contributed by atoms with Crippen molar-refractivity contribution in [3.8, 4) is 11.1 Å². The van der Waals surface area contributed by atoms with Crippen LogP contribution in [0.2, 0.25) is 0 Å². The first kappa shape index (κ1) is 22.3. The molecular weight excluding hydrogens is 416 g/mol. The molecule has 5 rings (SSSR count). The zero-order valence-corrected chi connectivity index (χ0v) is 19.6. The minimum atomic E-state index is -0.104. The van der Waals surface area contributed by atoms with Gasteiger partial charge in [0.15, 0.2) is 0 Å². The maximum atomic E-state index is 9.38. The number of aromatic nitrogens is 3. The summed E-state index contributed by atoms with van der Waals surface area (Å²) >= 11 is 0. The van der Waals surface area contributed by atoms with Gasteiger partial charge >= 0.3 is 0 Å². The lowest BCUT2D eigenvalue weighted by molar-refractivity contribution is 0.148. The molecule has 0 unspecified atom stereocenters. The normalized spacial score (nSPS) is 21.0. The Morgan fingerprint density at radius 1 is 1.18 bits per heavy atom. The third-order valence-electron chi connectivity index (χ3n) is 6.79. The molecule has 0 saturated carbocycles. The first-order valence-corrected chi connectivity index (χ1v) is 11.9. The highest BCUT2D eigenvalue weighted by Crippen LogP contribution is 2.34. The number of fused-ring (bicyclic) bond motifs is 1. The van der Waals surface area contributed by atoms with Gasteiger partial charge in [-0.25, -0.2) is 4.98 Å². The van der Waals surface area contributed by atoms with Crippen LogP contribution in [0.5, 0.6) is 0 Å². The van der Waals surface area contributed by atoms with Crippen LogP contribution in [-0.4, -0.2) is 88.5 Å². The summed E-state index contributed by atoms with van der Waals surface area (Å²) in [6.45, 7) is 8.93. The van der Waals surface area contributed by atoms with Crippen molar-refractivity contribution in [1.29, 1.82) is 0 Å². The smallest absolute Gasteiger partial charge is 0.224 e. The van der Waals surface area contributed by atoms with Crippen LogP contribution in [0.25, 0.3) is 22.2 Å². The van der Waals surface area contributed by atoms with E-state index in [1.54, 1.807) is 0 Å². The number of ether oxygens (including phenoxy) is 1. The van der Waals surface area contributed by atoms with Crippen molar-refractivity contribution < 1.29 is 9.84 Å². The predicted molar refractivity (Wildman–Crippen MR) is 130 cm³/mol. The van der Waals surface area contributed by atoms with Gasteiger partial charge in [-0.05, 0) is 31.5 Å². The fraction of sp³-hybridized carbons (Fsp3) is 0.520. The van der Waals surface area contributed by atoms with E-state index in [1.807, 2.05) is 13.1 Å². The SMILES string of the molecule is C[C@@H](CO)Nc1ncc2c(-c3ccc(CN4CCN(C)CC4)cc3)cn([C@@H]3CCOC3)c2n1. The molecule has 1 aromatic carbocycles. The fourth-order valence-corrected chi connectivity index (χ4v) is 4.67. The topological polar surface area (TPSA) is 78.7 Å². The Kier molecular flexibility index (Phi) is 6.59. The summed E-state index contributed by atoms with van der Waals surface area (Å²) < 4.78 is 7.90. The van der Waals surface area contributed by atoms with Crippen molar-refractivity contribution in [3.63, 3.8) is 0 Å². The molecule has 2 fully saturated rings. The van der Waals surface area contributed by atoms with E-state index in [1.165, 1.54) is 11.1 Å². The van der Waals surface area contributed by atoms with Crippen LogP contribution in [0.1, 0.15) is 24.9 Å². The highest BCUT2D eigenvalue weighted by Gasteiger charge is 2.23. The molecule has 4 heterocycles. The summed E-state index contributed by atoms with van der Waals surface area (Å²) in [5, 5.41) is 13.6. The Labute approximate surface area is 195 Å². The van der Waals surface area contributed by atoms with Crippen molar-refractivity contribution in [3.05, 3.63) is 42.2 Å². The minimum absolute atomic E-state index is 0.0323. The summed E-state index contributed by atoms with van der Waals surface area (Å²) in [6, 6.07) is 9.10. The van der Waals surface area contributed by atoms with Crippen LogP contribution in [0, 0.1) is 0 Å².